The van der Waals surface area contributed by atoms with Gasteiger partial charge in [-0.05, 0) is 53.4 Å². The first-order valence-electron chi connectivity index (χ1n) is 14.1. The molecule has 194 valence electrons. The minimum absolute atomic E-state index is 0.445. The highest BCUT2D eigenvalue weighted by molar-refractivity contribution is 7.26. The molecular formula is C37H25N3S. The summed E-state index contributed by atoms with van der Waals surface area (Å²) in [7, 11) is 0. The van der Waals surface area contributed by atoms with Gasteiger partial charge in [0.1, 0.15) is 0 Å². The van der Waals surface area contributed by atoms with E-state index in [1.165, 1.54) is 41.7 Å². The molecule has 0 radical (unpaired) electrons. The van der Waals surface area contributed by atoms with E-state index in [0.29, 0.717) is 5.92 Å². The van der Waals surface area contributed by atoms with Gasteiger partial charge in [0.05, 0.1) is 22.4 Å². The van der Waals surface area contributed by atoms with Crippen LogP contribution in [-0.4, -0.2) is 14.5 Å². The van der Waals surface area contributed by atoms with Crippen molar-refractivity contribution in [2.24, 2.45) is 5.92 Å². The predicted octanol–water partition coefficient (Wildman–Crippen LogP) is 9.97. The molecule has 5 aromatic carbocycles. The Morgan fingerprint density at radius 3 is 2.29 bits per heavy atom. The molecule has 3 aromatic heterocycles. The summed E-state index contributed by atoms with van der Waals surface area (Å²) in [6, 6.07) is 37.3. The number of hydrogen-bond acceptors (Lipinski definition) is 3. The maximum Gasteiger partial charge on any atom is 0.235 e. The van der Waals surface area contributed by atoms with Crippen LogP contribution in [0.5, 0.6) is 0 Å². The van der Waals surface area contributed by atoms with Crippen molar-refractivity contribution in [2.75, 3.05) is 0 Å². The Balaban J connectivity index is 1.37. The molecule has 0 saturated heterocycles. The smallest absolute Gasteiger partial charge is 0.235 e. The standard InChI is InChI=1S/C37H25N3S/c1-22-15-16-27-31(17-22)38-37(39-36(27)23-9-3-2-4-10-23)40-32-14-8-7-13-26(32)28-20-30-29-18-24-11-5-6-12-25(24)19-34(29)41-35(30)21-33(28)40/h2-16,18-22H,17H2,1H3. The quantitative estimate of drug-likeness (QED) is 0.217. The van der Waals surface area contributed by atoms with Crippen molar-refractivity contribution < 1.29 is 0 Å². The summed E-state index contributed by atoms with van der Waals surface area (Å²) in [5.41, 5.74) is 6.64. The predicted molar refractivity (Wildman–Crippen MR) is 174 cm³/mol. The number of thiophene rings is 1. The summed E-state index contributed by atoms with van der Waals surface area (Å²) >= 11 is 1.87. The summed E-state index contributed by atoms with van der Waals surface area (Å²) in [6.07, 6.45) is 5.40. The lowest BCUT2D eigenvalue weighted by Crippen LogP contribution is -2.12. The number of aromatic nitrogens is 3. The van der Waals surface area contributed by atoms with E-state index >= 15 is 0 Å². The zero-order valence-electron chi connectivity index (χ0n) is 22.5. The monoisotopic (exact) mass is 543 g/mol. The Labute approximate surface area is 241 Å². The second kappa shape index (κ2) is 8.60. The molecule has 4 heteroatoms. The van der Waals surface area contributed by atoms with Crippen LogP contribution in [-0.2, 0) is 6.42 Å². The number of fused-ring (bicyclic) bond motifs is 8. The number of nitrogens with zero attached hydrogens (tertiary/aromatic N) is 3. The van der Waals surface area contributed by atoms with Gasteiger partial charge in [0.15, 0.2) is 0 Å². The van der Waals surface area contributed by atoms with E-state index < -0.39 is 0 Å². The third-order valence-corrected chi connectivity index (χ3v) is 9.61. The highest BCUT2D eigenvalue weighted by Crippen LogP contribution is 2.42. The van der Waals surface area contributed by atoms with Crippen molar-refractivity contribution >= 4 is 70.2 Å². The summed E-state index contributed by atoms with van der Waals surface area (Å²) in [5, 5.41) is 7.64. The van der Waals surface area contributed by atoms with E-state index in [9.17, 15) is 0 Å². The normalized spacial score (nSPS) is 15.0. The van der Waals surface area contributed by atoms with Gasteiger partial charge in [-0.25, -0.2) is 9.97 Å². The molecule has 0 saturated carbocycles. The van der Waals surface area contributed by atoms with Gasteiger partial charge < -0.3 is 0 Å². The van der Waals surface area contributed by atoms with Crippen molar-refractivity contribution in [1.82, 2.24) is 14.5 Å². The third-order valence-electron chi connectivity index (χ3n) is 8.50. The molecule has 3 heterocycles. The number of para-hydroxylation sites is 1. The average molecular weight is 544 g/mol. The molecule has 41 heavy (non-hydrogen) atoms. The van der Waals surface area contributed by atoms with Crippen LogP contribution < -0.4 is 0 Å². The second-order valence-corrected chi connectivity index (χ2v) is 12.2. The topological polar surface area (TPSA) is 30.7 Å². The number of benzene rings is 5. The Kier molecular flexibility index (Phi) is 4.81. The average Bonchev–Trinajstić information content (AvgIpc) is 3.52. The van der Waals surface area contributed by atoms with Gasteiger partial charge in [0.25, 0.3) is 0 Å². The molecule has 0 fully saturated rings. The molecule has 3 nitrogen and oxygen atoms in total. The largest absolute Gasteiger partial charge is 0.278 e. The molecule has 1 unspecified atom stereocenters. The molecule has 0 bridgehead atoms. The minimum Gasteiger partial charge on any atom is -0.278 e. The first-order chi connectivity index (χ1) is 20.2. The summed E-state index contributed by atoms with van der Waals surface area (Å²) < 4.78 is 4.88. The van der Waals surface area contributed by atoms with Gasteiger partial charge in [-0.1, -0.05) is 91.9 Å². The highest BCUT2D eigenvalue weighted by Gasteiger charge is 2.22. The molecule has 9 rings (SSSR count). The fraction of sp³-hybridized carbons (Fsp3) is 0.0811. The van der Waals surface area contributed by atoms with E-state index in [1.54, 1.807) is 0 Å². The molecule has 0 spiro atoms. The van der Waals surface area contributed by atoms with Gasteiger partial charge in [-0.3, -0.25) is 4.57 Å². The van der Waals surface area contributed by atoms with E-state index in [0.717, 1.165) is 45.9 Å². The summed E-state index contributed by atoms with van der Waals surface area (Å²) in [6.45, 7) is 2.26. The van der Waals surface area contributed by atoms with Crippen LogP contribution in [0.4, 0.5) is 0 Å². The maximum absolute atomic E-state index is 5.29. The van der Waals surface area contributed by atoms with E-state index in [2.05, 4.69) is 127 Å². The molecule has 1 aliphatic carbocycles. The van der Waals surface area contributed by atoms with Gasteiger partial charge >= 0.3 is 0 Å². The van der Waals surface area contributed by atoms with E-state index in [1.807, 2.05) is 11.3 Å². The number of rotatable bonds is 2. The molecule has 1 atom stereocenters. The second-order valence-electron chi connectivity index (χ2n) is 11.2. The minimum atomic E-state index is 0.445. The van der Waals surface area contributed by atoms with Crippen molar-refractivity contribution in [2.45, 2.75) is 13.3 Å². The van der Waals surface area contributed by atoms with Crippen LogP contribution in [0.3, 0.4) is 0 Å². The SMILES string of the molecule is CC1C=Cc2c(nc(-n3c4ccccc4c4cc5c(cc43)sc3cc4ccccc4cc35)nc2-c2ccccc2)C1. The van der Waals surface area contributed by atoms with Gasteiger partial charge in [-0.2, -0.15) is 0 Å². The van der Waals surface area contributed by atoms with Crippen LogP contribution in [0.25, 0.3) is 76.0 Å². The van der Waals surface area contributed by atoms with Crippen LogP contribution in [0.2, 0.25) is 0 Å². The Morgan fingerprint density at radius 2 is 1.41 bits per heavy atom. The fourth-order valence-corrected chi connectivity index (χ4v) is 7.67. The lowest BCUT2D eigenvalue weighted by molar-refractivity contribution is 0.693. The lowest BCUT2D eigenvalue weighted by Gasteiger charge is -2.19. The van der Waals surface area contributed by atoms with Crippen molar-refractivity contribution in [3.8, 4) is 17.2 Å². The van der Waals surface area contributed by atoms with Gasteiger partial charge in [-0.15, -0.1) is 11.3 Å². The molecule has 8 aromatic rings. The number of allylic oxidation sites excluding steroid dienone is 1. The zero-order chi connectivity index (χ0) is 27.1. The summed E-state index contributed by atoms with van der Waals surface area (Å²) in [5.74, 6) is 1.18. The van der Waals surface area contributed by atoms with E-state index in [4.69, 9.17) is 9.97 Å². The molecule has 0 amide bonds. The van der Waals surface area contributed by atoms with Crippen LogP contribution in [0.1, 0.15) is 18.2 Å². The number of hydrogen-bond donors (Lipinski definition) is 0. The van der Waals surface area contributed by atoms with Gasteiger partial charge in [0.2, 0.25) is 5.95 Å². The third kappa shape index (κ3) is 3.44. The Bertz CT molecular complexity index is 2360. The fourth-order valence-electron chi connectivity index (χ4n) is 6.52. The van der Waals surface area contributed by atoms with E-state index in [-0.39, 0.29) is 0 Å². The Hall–Kier alpha value is -4.80. The Morgan fingerprint density at radius 1 is 0.683 bits per heavy atom. The maximum atomic E-state index is 5.29. The summed E-state index contributed by atoms with van der Waals surface area (Å²) in [4.78, 5) is 10.5. The van der Waals surface area contributed by atoms with Crippen molar-refractivity contribution in [3.05, 3.63) is 120 Å². The van der Waals surface area contributed by atoms with Crippen LogP contribution in [0, 0.1) is 5.92 Å². The highest BCUT2D eigenvalue weighted by atomic mass is 32.1. The molecule has 0 N–H and O–H groups in total. The molecule has 0 aliphatic heterocycles. The first kappa shape index (κ1) is 23.0. The zero-order valence-corrected chi connectivity index (χ0v) is 23.3. The van der Waals surface area contributed by atoms with Crippen molar-refractivity contribution in [1.29, 1.82) is 0 Å². The van der Waals surface area contributed by atoms with Crippen molar-refractivity contribution in [3.63, 3.8) is 0 Å². The molecular weight excluding hydrogens is 518 g/mol. The van der Waals surface area contributed by atoms with Crippen LogP contribution >= 0.6 is 11.3 Å². The first-order valence-corrected chi connectivity index (χ1v) is 15.0. The van der Waals surface area contributed by atoms with Gasteiger partial charge in [0, 0.05) is 42.1 Å². The lowest BCUT2D eigenvalue weighted by atomic mass is 9.92. The van der Waals surface area contributed by atoms with Crippen LogP contribution in [0.15, 0.2) is 109 Å². The molecule has 1 aliphatic rings.